The van der Waals surface area contributed by atoms with E-state index in [1.54, 1.807) is 18.0 Å². The van der Waals surface area contributed by atoms with Gasteiger partial charge in [0.25, 0.3) is 0 Å². The Bertz CT molecular complexity index is 474. The lowest BCUT2D eigenvalue weighted by Gasteiger charge is -2.19. The molecular formula is C13H19N3O3. The molecule has 0 aromatic heterocycles. The number of anilines is 2. The molecule has 19 heavy (non-hydrogen) atoms. The SMILES string of the molecule is CCCNC(=O)CN(C)c1ccc(N)c(C(=O)O)c1. The second kappa shape index (κ2) is 6.63. The van der Waals surface area contributed by atoms with Crippen molar-refractivity contribution in [1.82, 2.24) is 5.32 Å². The summed E-state index contributed by atoms with van der Waals surface area (Å²) in [5.41, 5.74) is 6.46. The van der Waals surface area contributed by atoms with E-state index in [-0.39, 0.29) is 23.7 Å². The van der Waals surface area contributed by atoms with Crippen LogP contribution in [-0.2, 0) is 4.79 Å². The summed E-state index contributed by atoms with van der Waals surface area (Å²) in [5.74, 6) is -1.18. The van der Waals surface area contributed by atoms with Crippen LogP contribution >= 0.6 is 0 Å². The van der Waals surface area contributed by atoms with Crippen molar-refractivity contribution < 1.29 is 14.7 Å². The normalized spacial score (nSPS) is 10.0. The van der Waals surface area contributed by atoms with Gasteiger partial charge in [0, 0.05) is 25.0 Å². The molecule has 0 saturated carbocycles. The molecule has 0 bridgehead atoms. The fourth-order valence-corrected chi connectivity index (χ4v) is 1.59. The van der Waals surface area contributed by atoms with E-state index in [1.165, 1.54) is 12.1 Å². The lowest BCUT2D eigenvalue weighted by atomic mass is 10.1. The first-order valence-corrected chi connectivity index (χ1v) is 6.06. The van der Waals surface area contributed by atoms with Gasteiger partial charge in [0.15, 0.2) is 0 Å². The molecule has 104 valence electrons. The monoisotopic (exact) mass is 265 g/mol. The minimum absolute atomic E-state index is 0.0401. The first-order valence-electron chi connectivity index (χ1n) is 6.06. The summed E-state index contributed by atoms with van der Waals surface area (Å²) in [7, 11) is 1.72. The summed E-state index contributed by atoms with van der Waals surface area (Å²) in [6.07, 6.45) is 0.875. The minimum Gasteiger partial charge on any atom is -0.478 e. The first kappa shape index (κ1) is 14.8. The van der Waals surface area contributed by atoms with Gasteiger partial charge in [-0.2, -0.15) is 0 Å². The Balaban J connectivity index is 2.77. The molecule has 0 aliphatic carbocycles. The maximum Gasteiger partial charge on any atom is 0.337 e. The van der Waals surface area contributed by atoms with Crippen LogP contribution in [0.25, 0.3) is 0 Å². The number of carbonyl (C=O) groups is 2. The molecule has 0 unspecified atom stereocenters. The highest BCUT2D eigenvalue weighted by Crippen LogP contribution is 2.20. The van der Waals surface area contributed by atoms with Crippen molar-refractivity contribution in [3.8, 4) is 0 Å². The number of nitrogen functional groups attached to an aromatic ring is 1. The van der Waals surface area contributed by atoms with E-state index in [0.717, 1.165) is 6.42 Å². The van der Waals surface area contributed by atoms with E-state index >= 15 is 0 Å². The third-order valence-electron chi connectivity index (χ3n) is 2.66. The van der Waals surface area contributed by atoms with Gasteiger partial charge >= 0.3 is 5.97 Å². The van der Waals surface area contributed by atoms with Crippen LogP contribution < -0.4 is 16.0 Å². The molecule has 1 aromatic rings. The molecule has 4 N–H and O–H groups in total. The molecule has 6 heteroatoms. The van der Waals surface area contributed by atoms with Gasteiger partial charge in [-0.15, -0.1) is 0 Å². The zero-order chi connectivity index (χ0) is 14.4. The lowest BCUT2D eigenvalue weighted by molar-refractivity contribution is -0.119. The van der Waals surface area contributed by atoms with Gasteiger partial charge in [0.2, 0.25) is 5.91 Å². The number of nitrogens with zero attached hydrogens (tertiary/aromatic N) is 1. The van der Waals surface area contributed by atoms with Crippen LogP contribution in [-0.4, -0.2) is 37.1 Å². The lowest BCUT2D eigenvalue weighted by Crippen LogP contribution is -2.35. The number of hydrogen-bond acceptors (Lipinski definition) is 4. The second-order valence-corrected chi connectivity index (χ2v) is 4.28. The number of carboxylic acids is 1. The number of nitrogens with one attached hydrogen (secondary N) is 1. The van der Waals surface area contributed by atoms with Gasteiger partial charge in [0.1, 0.15) is 0 Å². The minimum atomic E-state index is -1.08. The topological polar surface area (TPSA) is 95.7 Å². The molecule has 6 nitrogen and oxygen atoms in total. The number of rotatable bonds is 6. The zero-order valence-electron chi connectivity index (χ0n) is 11.1. The molecule has 0 radical (unpaired) electrons. The number of amides is 1. The maximum absolute atomic E-state index is 11.6. The van der Waals surface area contributed by atoms with Crippen LogP contribution in [0.2, 0.25) is 0 Å². The van der Waals surface area contributed by atoms with E-state index in [4.69, 9.17) is 10.8 Å². The molecule has 0 fully saturated rings. The van der Waals surface area contributed by atoms with Crippen LogP contribution in [0.4, 0.5) is 11.4 Å². The molecule has 0 aliphatic rings. The van der Waals surface area contributed by atoms with Crippen molar-refractivity contribution >= 4 is 23.3 Å². The standard InChI is InChI=1S/C13H19N3O3/c1-3-6-15-12(17)8-16(2)9-4-5-11(14)10(7-9)13(18)19/h4-5,7H,3,6,8,14H2,1-2H3,(H,15,17)(H,18,19). The van der Waals surface area contributed by atoms with E-state index in [9.17, 15) is 9.59 Å². The van der Waals surface area contributed by atoms with E-state index in [0.29, 0.717) is 12.2 Å². The number of likely N-dealkylation sites (N-methyl/N-ethyl adjacent to an activating group) is 1. The average molecular weight is 265 g/mol. The summed E-state index contributed by atoms with van der Waals surface area (Å²) >= 11 is 0. The fraction of sp³-hybridized carbons (Fsp3) is 0.385. The number of carbonyl (C=O) groups excluding carboxylic acids is 1. The predicted molar refractivity (Wildman–Crippen MR) is 74.4 cm³/mol. The molecule has 0 spiro atoms. The highest BCUT2D eigenvalue weighted by atomic mass is 16.4. The van der Waals surface area contributed by atoms with Crippen molar-refractivity contribution in [3.05, 3.63) is 23.8 Å². The van der Waals surface area contributed by atoms with Crippen LogP contribution in [0, 0.1) is 0 Å². The van der Waals surface area contributed by atoms with Crippen LogP contribution in [0.5, 0.6) is 0 Å². The molecule has 1 rings (SSSR count). The summed E-state index contributed by atoms with van der Waals surface area (Å²) in [6, 6.07) is 4.68. The fourth-order valence-electron chi connectivity index (χ4n) is 1.59. The Labute approximate surface area is 112 Å². The smallest absolute Gasteiger partial charge is 0.337 e. The second-order valence-electron chi connectivity index (χ2n) is 4.28. The number of hydrogen-bond donors (Lipinski definition) is 3. The number of aromatic carboxylic acids is 1. The van der Waals surface area contributed by atoms with Crippen molar-refractivity contribution in [2.24, 2.45) is 0 Å². The molecule has 1 aromatic carbocycles. The Hall–Kier alpha value is -2.24. The highest BCUT2D eigenvalue weighted by molar-refractivity contribution is 5.95. The van der Waals surface area contributed by atoms with E-state index in [1.807, 2.05) is 6.92 Å². The average Bonchev–Trinajstić information content (AvgIpc) is 2.36. The largest absolute Gasteiger partial charge is 0.478 e. The van der Waals surface area contributed by atoms with Crippen LogP contribution in [0.3, 0.4) is 0 Å². The van der Waals surface area contributed by atoms with Crippen molar-refractivity contribution in [3.63, 3.8) is 0 Å². The summed E-state index contributed by atoms with van der Waals surface area (Å²) in [5, 5.41) is 11.8. The molecule has 0 atom stereocenters. The molecule has 0 aliphatic heterocycles. The molecule has 0 saturated heterocycles. The van der Waals surface area contributed by atoms with E-state index in [2.05, 4.69) is 5.32 Å². The quantitative estimate of drug-likeness (QED) is 0.665. The number of nitrogens with two attached hydrogens (primary N) is 1. The highest BCUT2D eigenvalue weighted by Gasteiger charge is 2.12. The van der Waals surface area contributed by atoms with Crippen LogP contribution in [0.1, 0.15) is 23.7 Å². The third kappa shape index (κ3) is 4.17. The third-order valence-corrected chi connectivity index (χ3v) is 2.66. The van der Waals surface area contributed by atoms with Gasteiger partial charge in [-0.05, 0) is 24.6 Å². The van der Waals surface area contributed by atoms with Crippen molar-refractivity contribution in [2.45, 2.75) is 13.3 Å². The summed E-state index contributed by atoms with van der Waals surface area (Å²) < 4.78 is 0. The van der Waals surface area contributed by atoms with E-state index < -0.39 is 5.97 Å². The first-order chi connectivity index (χ1) is 8.95. The predicted octanol–water partition coefficient (Wildman–Crippen LogP) is 0.929. The number of benzene rings is 1. The van der Waals surface area contributed by atoms with Gasteiger partial charge in [0.05, 0.1) is 12.1 Å². The van der Waals surface area contributed by atoms with Gasteiger partial charge in [-0.3, -0.25) is 4.79 Å². The van der Waals surface area contributed by atoms with Crippen molar-refractivity contribution in [2.75, 3.05) is 30.8 Å². The van der Waals surface area contributed by atoms with Gasteiger partial charge < -0.3 is 21.1 Å². The summed E-state index contributed by atoms with van der Waals surface area (Å²) in [6.45, 7) is 2.78. The summed E-state index contributed by atoms with van der Waals surface area (Å²) in [4.78, 5) is 24.2. The Morgan fingerprint density at radius 3 is 2.68 bits per heavy atom. The zero-order valence-corrected chi connectivity index (χ0v) is 11.1. The Kier molecular flexibility index (Phi) is 5.17. The Morgan fingerprint density at radius 1 is 1.42 bits per heavy atom. The van der Waals surface area contributed by atoms with Crippen molar-refractivity contribution in [1.29, 1.82) is 0 Å². The van der Waals surface area contributed by atoms with Crippen LogP contribution in [0.15, 0.2) is 18.2 Å². The van der Waals surface area contributed by atoms with Gasteiger partial charge in [-0.1, -0.05) is 6.92 Å². The number of carboxylic acid groups (broad SMARTS) is 1. The Morgan fingerprint density at radius 2 is 2.11 bits per heavy atom. The molecular weight excluding hydrogens is 246 g/mol. The molecule has 0 heterocycles. The molecule has 1 amide bonds. The maximum atomic E-state index is 11.6. The van der Waals surface area contributed by atoms with Gasteiger partial charge in [-0.25, -0.2) is 4.79 Å².